The highest BCUT2D eigenvalue weighted by molar-refractivity contribution is 5.77. The number of hydrogen-bond donors (Lipinski definition) is 1. The molecule has 3 nitrogen and oxygen atoms in total. The van der Waals surface area contributed by atoms with Gasteiger partial charge in [-0.2, -0.15) is 0 Å². The van der Waals surface area contributed by atoms with Gasteiger partial charge in [-0.05, 0) is 12.8 Å². The third kappa shape index (κ3) is 5.60. The molecule has 0 aromatic heterocycles. The van der Waals surface area contributed by atoms with Crippen LogP contribution >= 0.6 is 0 Å². The van der Waals surface area contributed by atoms with Crippen molar-refractivity contribution in [3.05, 3.63) is 0 Å². The Labute approximate surface area is 86.2 Å². The summed E-state index contributed by atoms with van der Waals surface area (Å²) in [5.41, 5.74) is 2.36. The highest BCUT2D eigenvalue weighted by atomic mass is 16.6. The van der Waals surface area contributed by atoms with E-state index in [1.54, 1.807) is 0 Å². The van der Waals surface area contributed by atoms with Crippen LogP contribution in [0.2, 0.25) is 0 Å². The molecule has 80 valence electrons. The van der Waals surface area contributed by atoms with Crippen molar-refractivity contribution in [3.8, 4) is 12.3 Å². The number of carbonyl (C=O) groups excluding carboxylic acids is 1. The van der Waals surface area contributed by atoms with Gasteiger partial charge in [0, 0.05) is 5.92 Å². The average Bonchev–Trinajstić information content (AvgIpc) is 2.19. The molecule has 0 aromatic carbocycles. The van der Waals surface area contributed by atoms with Crippen LogP contribution in [-0.2, 0) is 9.63 Å². The van der Waals surface area contributed by atoms with Crippen LogP contribution in [-0.4, -0.2) is 12.5 Å². The van der Waals surface area contributed by atoms with Crippen LogP contribution in [0, 0.1) is 18.3 Å². The first-order valence-electron chi connectivity index (χ1n) is 5.11. The highest BCUT2D eigenvalue weighted by Crippen LogP contribution is 2.12. The van der Waals surface area contributed by atoms with Gasteiger partial charge in [0.15, 0.2) is 0 Å². The Hall–Kier alpha value is -1.01. The van der Waals surface area contributed by atoms with E-state index in [4.69, 9.17) is 11.3 Å². The minimum absolute atomic E-state index is 0.0488. The zero-order valence-electron chi connectivity index (χ0n) is 9.01. The predicted molar refractivity (Wildman–Crippen MR) is 56.2 cm³/mol. The Morgan fingerprint density at radius 2 is 2.29 bits per heavy atom. The van der Waals surface area contributed by atoms with Gasteiger partial charge in [0.25, 0.3) is 0 Å². The minimum Gasteiger partial charge on any atom is -0.272 e. The van der Waals surface area contributed by atoms with E-state index in [1.165, 1.54) is 0 Å². The first kappa shape index (κ1) is 13.0. The van der Waals surface area contributed by atoms with Crippen LogP contribution in [0.5, 0.6) is 0 Å². The topological polar surface area (TPSA) is 38.3 Å². The van der Waals surface area contributed by atoms with Gasteiger partial charge in [0.2, 0.25) is 5.91 Å². The zero-order valence-corrected chi connectivity index (χ0v) is 9.01. The average molecular weight is 197 g/mol. The summed E-state index contributed by atoms with van der Waals surface area (Å²) in [5, 5.41) is 0. The maximum Gasteiger partial charge on any atom is 0.246 e. The lowest BCUT2D eigenvalue weighted by molar-refractivity contribution is -0.137. The lowest BCUT2D eigenvalue weighted by Gasteiger charge is -2.13. The van der Waals surface area contributed by atoms with Crippen LogP contribution in [0.1, 0.15) is 39.5 Å². The number of hydroxylamine groups is 1. The third-order valence-electron chi connectivity index (χ3n) is 2.10. The van der Waals surface area contributed by atoms with Crippen molar-refractivity contribution in [1.29, 1.82) is 0 Å². The van der Waals surface area contributed by atoms with Gasteiger partial charge in [-0.1, -0.05) is 32.6 Å². The molecule has 14 heavy (non-hydrogen) atoms. The van der Waals surface area contributed by atoms with Crippen molar-refractivity contribution in [2.45, 2.75) is 39.5 Å². The molecule has 0 saturated carbocycles. The fourth-order valence-corrected chi connectivity index (χ4v) is 1.20. The molecule has 0 aliphatic heterocycles. The van der Waals surface area contributed by atoms with E-state index in [1.807, 2.05) is 6.92 Å². The first-order valence-corrected chi connectivity index (χ1v) is 5.11. The molecule has 0 spiro atoms. The van der Waals surface area contributed by atoms with Gasteiger partial charge >= 0.3 is 0 Å². The summed E-state index contributed by atoms with van der Waals surface area (Å²) in [7, 11) is 0. The Bertz CT molecular complexity index is 196. The van der Waals surface area contributed by atoms with Gasteiger partial charge < -0.3 is 0 Å². The molecule has 0 saturated heterocycles. The second-order valence-corrected chi connectivity index (χ2v) is 3.21. The van der Waals surface area contributed by atoms with E-state index in [9.17, 15) is 4.79 Å². The second-order valence-electron chi connectivity index (χ2n) is 3.21. The predicted octanol–water partition coefficient (Wildman–Crippen LogP) is 1.88. The van der Waals surface area contributed by atoms with Gasteiger partial charge in [0.05, 0.1) is 0 Å². The Balaban J connectivity index is 3.74. The fourth-order valence-electron chi connectivity index (χ4n) is 1.20. The molecule has 0 heterocycles. The van der Waals surface area contributed by atoms with Crippen LogP contribution in [0.4, 0.5) is 0 Å². The van der Waals surface area contributed by atoms with E-state index in [-0.39, 0.29) is 18.4 Å². The van der Waals surface area contributed by atoms with Gasteiger partial charge in [0.1, 0.15) is 6.61 Å². The van der Waals surface area contributed by atoms with Gasteiger partial charge in [-0.3, -0.25) is 9.63 Å². The summed E-state index contributed by atoms with van der Waals surface area (Å²) in [4.78, 5) is 16.2. The maximum absolute atomic E-state index is 11.5. The van der Waals surface area contributed by atoms with Crippen molar-refractivity contribution in [3.63, 3.8) is 0 Å². The smallest absolute Gasteiger partial charge is 0.246 e. The van der Waals surface area contributed by atoms with Gasteiger partial charge in [-0.15, -0.1) is 6.42 Å². The molecular formula is C11H19NO2. The molecule has 0 radical (unpaired) electrons. The van der Waals surface area contributed by atoms with Crippen molar-refractivity contribution < 1.29 is 9.63 Å². The number of carbonyl (C=O) groups is 1. The number of amides is 1. The normalized spacial score (nSPS) is 11.8. The van der Waals surface area contributed by atoms with E-state index < -0.39 is 0 Å². The Kier molecular flexibility index (Phi) is 7.96. The molecule has 1 N–H and O–H groups in total. The van der Waals surface area contributed by atoms with Crippen molar-refractivity contribution in [1.82, 2.24) is 5.48 Å². The number of terminal acetylenes is 1. The lowest BCUT2D eigenvalue weighted by atomic mass is 9.99. The summed E-state index contributed by atoms with van der Waals surface area (Å²) < 4.78 is 0. The quantitative estimate of drug-likeness (QED) is 0.384. The van der Waals surface area contributed by atoms with Crippen molar-refractivity contribution in [2.75, 3.05) is 6.61 Å². The molecule has 1 unspecified atom stereocenters. The SMILES string of the molecule is C#CCONC(=O)C(CC)CCCC. The molecule has 1 amide bonds. The largest absolute Gasteiger partial charge is 0.272 e. The molecule has 0 bridgehead atoms. The molecule has 1 atom stereocenters. The monoisotopic (exact) mass is 197 g/mol. The molecule has 0 aliphatic rings. The summed E-state index contributed by atoms with van der Waals surface area (Å²) in [6, 6.07) is 0. The lowest BCUT2D eigenvalue weighted by Crippen LogP contribution is -2.30. The summed E-state index contributed by atoms with van der Waals surface area (Å²) in [6.07, 6.45) is 8.91. The highest BCUT2D eigenvalue weighted by Gasteiger charge is 2.15. The third-order valence-corrected chi connectivity index (χ3v) is 2.10. The standard InChI is InChI=1S/C11H19NO2/c1-4-7-8-10(6-3)11(13)12-14-9-5-2/h2,10H,4,6-9H2,1,3H3,(H,12,13). The summed E-state index contributed by atoms with van der Waals surface area (Å²) in [6.45, 7) is 4.23. The van der Waals surface area contributed by atoms with Crippen molar-refractivity contribution >= 4 is 5.91 Å². The molecule has 0 aromatic rings. The molecular weight excluding hydrogens is 178 g/mol. The molecule has 0 fully saturated rings. The number of unbranched alkanes of at least 4 members (excludes halogenated alkanes) is 1. The van der Waals surface area contributed by atoms with E-state index in [0.29, 0.717) is 0 Å². The molecule has 0 aliphatic carbocycles. The minimum atomic E-state index is -0.0591. The first-order chi connectivity index (χ1) is 6.76. The molecule has 0 rings (SSSR count). The van der Waals surface area contributed by atoms with Crippen LogP contribution in [0.15, 0.2) is 0 Å². The number of hydrogen-bond acceptors (Lipinski definition) is 2. The summed E-state index contributed by atoms with van der Waals surface area (Å²) >= 11 is 0. The van der Waals surface area contributed by atoms with Crippen LogP contribution in [0.25, 0.3) is 0 Å². The number of rotatable bonds is 7. The van der Waals surface area contributed by atoms with Gasteiger partial charge in [-0.25, -0.2) is 5.48 Å². The van der Waals surface area contributed by atoms with Crippen molar-refractivity contribution in [2.24, 2.45) is 5.92 Å². The number of nitrogens with one attached hydrogen (secondary N) is 1. The fraction of sp³-hybridized carbons (Fsp3) is 0.727. The maximum atomic E-state index is 11.5. The Morgan fingerprint density at radius 3 is 2.79 bits per heavy atom. The van der Waals surface area contributed by atoms with E-state index >= 15 is 0 Å². The van der Waals surface area contributed by atoms with Crippen LogP contribution < -0.4 is 5.48 Å². The summed E-state index contributed by atoms with van der Waals surface area (Å²) in [5.74, 6) is 2.28. The van der Waals surface area contributed by atoms with E-state index in [2.05, 4.69) is 18.3 Å². The molecule has 3 heteroatoms. The Morgan fingerprint density at radius 1 is 1.57 bits per heavy atom. The van der Waals surface area contributed by atoms with Crippen LogP contribution in [0.3, 0.4) is 0 Å². The zero-order chi connectivity index (χ0) is 10.8. The second kappa shape index (κ2) is 8.58. The van der Waals surface area contributed by atoms with E-state index in [0.717, 1.165) is 25.7 Å².